The van der Waals surface area contributed by atoms with Gasteiger partial charge in [0.15, 0.2) is 15.1 Å². The quantitative estimate of drug-likeness (QED) is 0.945. The van der Waals surface area contributed by atoms with Crippen LogP contribution in [0.4, 0.5) is 0 Å². The lowest BCUT2D eigenvalue weighted by Crippen LogP contribution is -2.29. The second-order valence-electron chi connectivity index (χ2n) is 4.50. The number of fused-ring (bicyclic) bond motifs is 1. The van der Waals surface area contributed by atoms with Crippen LogP contribution in [0.1, 0.15) is 5.56 Å². The minimum absolute atomic E-state index is 0.0976. The predicted octanol–water partition coefficient (Wildman–Crippen LogP) is 2.49. The van der Waals surface area contributed by atoms with Crippen LogP contribution in [0.2, 0.25) is 5.22 Å². The summed E-state index contributed by atoms with van der Waals surface area (Å²) in [7, 11) is -3.04. The van der Waals surface area contributed by atoms with Crippen molar-refractivity contribution in [2.24, 2.45) is 0 Å². The van der Waals surface area contributed by atoms with Crippen molar-refractivity contribution in [2.75, 3.05) is 5.75 Å². The fourth-order valence-electron chi connectivity index (χ4n) is 2.17. The van der Waals surface area contributed by atoms with Gasteiger partial charge in [0.1, 0.15) is 5.58 Å². The summed E-state index contributed by atoms with van der Waals surface area (Å²) < 4.78 is 28.1. The van der Waals surface area contributed by atoms with E-state index in [0.29, 0.717) is 11.8 Å². The van der Waals surface area contributed by atoms with Crippen LogP contribution in [0.15, 0.2) is 40.2 Å². The van der Waals surface area contributed by atoms with Gasteiger partial charge in [0.25, 0.3) is 0 Å². The Morgan fingerprint density at radius 3 is 2.89 bits per heavy atom. The summed E-state index contributed by atoms with van der Waals surface area (Å²) in [6.07, 6.45) is 1.66. The van der Waals surface area contributed by atoms with Crippen molar-refractivity contribution in [1.82, 2.24) is 5.32 Å². The molecule has 1 aliphatic heterocycles. The maximum atomic E-state index is 11.3. The largest absolute Gasteiger partial charge is 0.444 e. The number of halogens is 1. The van der Waals surface area contributed by atoms with Crippen LogP contribution in [0.25, 0.3) is 11.0 Å². The molecule has 1 aromatic heterocycles. The van der Waals surface area contributed by atoms with E-state index < -0.39 is 9.84 Å². The third-order valence-corrected chi connectivity index (χ3v) is 4.82. The summed E-state index contributed by atoms with van der Waals surface area (Å²) in [4.78, 5) is 0. The molecule has 1 aliphatic rings. The fourth-order valence-corrected chi connectivity index (χ4v) is 3.69. The standard InChI is InChI=1S/C13H12ClNO3S/c14-13-11(10-3-1-2-4-12(10)18-13)7-15-9-5-6-19(16,17)8-9/h1-6,9,15H,7-8H2. The average Bonchev–Trinajstić information content (AvgIpc) is 2.86. The van der Waals surface area contributed by atoms with Crippen LogP contribution in [0.5, 0.6) is 0 Å². The van der Waals surface area contributed by atoms with Gasteiger partial charge >= 0.3 is 0 Å². The normalized spacial score (nSPS) is 21.2. The van der Waals surface area contributed by atoms with E-state index >= 15 is 0 Å². The van der Waals surface area contributed by atoms with Crippen LogP contribution in [0.3, 0.4) is 0 Å². The van der Waals surface area contributed by atoms with Gasteiger partial charge in [0.2, 0.25) is 0 Å². The van der Waals surface area contributed by atoms with Crippen molar-refractivity contribution in [3.63, 3.8) is 0 Å². The van der Waals surface area contributed by atoms with Crippen molar-refractivity contribution >= 4 is 32.4 Å². The summed E-state index contributed by atoms with van der Waals surface area (Å²) in [5.41, 5.74) is 1.59. The molecule has 0 bridgehead atoms. The summed E-state index contributed by atoms with van der Waals surface area (Å²) >= 11 is 6.07. The van der Waals surface area contributed by atoms with E-state index in [0.717, 1.165) is 16.5 Å². The van der Waals surface area contributed by atoms with Gasteiger partial charge in [-0.3, -0.25) is 0 Å². The molecule has 100 valence electrons. The van der Waals surface area contributed by atoms with E-state index in [4.69, 9.17) is 16.0 Å². The molecule has 2 aromatic rings. The summed E-state index contributed by atoms with van der Waals surface area (Å²) in [5, 5.41) is 5.71. The first-order chi connectivity index (χ1) is 9.05. The zero-order valence-electron chi connectivity index (χ0n) is 9.97. The Kier molecular flexibility index (Phi) is 3.12. The van der Waals surface area contributed by atoms with Gasteiger partial charge in [-0.2, -0.15) is 0 Å². The minimum Gasteiger partial charge on any atom is -0.444 e. The first-order valence-electron chi connectivity index (χ1n) is 5.85. The number of benzene rings is 1. The van der Waals surface area contributed by atoms with Gasteiger partial charge in [-0.15, -0.1) is 0 Å². The fraction of sp³-hybridized carbons (Fsp3) is 0.231. The van der Waals surface area contributed by atoms with Crippen molar-refractivity contribution in [3.8, 4) is 0 Å². The second-order valence-corrected chi connectivity index (χ2v) is 6.77. The van der Waals surface area contributed by atoms with Crippen LogP contribution in [-0.4, -0.2) is 20.2 Å². The lowest BCUT2D eigenvalue weighted by molar-refractivity contribution is 0.583. The Balaban J connectivity index is 1.79. The van der Waals surface area contributed by atoms with Crippen LogP contribution >= 0.6 is 11.6 Å². The van der Waals surface area contributed by atoms with Gasteiger partial charge in [-0.05, 0) is 17.7 Å². The highest BCUT2D eigenvalue weighted by atomic mass is 35.5. The van der Waals surface area contributed by atoms with Crippen molar-refractivity contribution < 1.29 is 12.8 Å². The second kappa shape index (κ2) is 4.67. The Labute approximate surface area is 116 Å². The molecule has 2 heterocycles. The Morgan fingerprint density at radius 2 is 2.16 bits per heavy atom. The maximum absolute atomic E-state index is 11.3. The Bertz CT molecular complexity index is 748. The number of hydrogen-bond donors (Lipinski definition) is 1. The molecular formula is C13H12ClNO3S. The molecule has 3 rings (SSSR count). The van der Waals surface area contributed by atoms with E-state index in [2.05, 4.69) is 5.32 Å². The third kappa shape index (κ3) is 2.54. The molecule has 6 heteroatoms. The minimum atomic E-state index is -3.04. The molecule has 4 nitrogen and oxygen atoms in total. The zero-order valence-corrected chi connectivity index (χ0v) is 11.5. The molecule has 0 saturated heterocycles. The van der Waals surface area contributed by atoms with Crippen molar-refractivity contribution in [3.05, 3.63) is 46.5 Å². The van der Waals surface area contributed by atoms with Gasteiger partial charge < -0.3 is 9.73 Å². The number of sulfone groups is 1. The van der Waals surface area contributed by atoms with Crippen LogP contribution in [0, 0.1) is 0 Å². The van der Waals surface area contributed by atoms with Gasteiger partial charge in [-0.25, -0.2) is 8.42 Å². The van der Waals surface area contributed by atoms with E-state index in [-0.39, 0.29) is 11.8 Å². The third-order valence-electron chi connectivity index (χ3n) is 3.12. The van der Waals surface area contributed by atoms with Crippen LogP contribution < -0.4 is 5.32 Å². The van der Waals surface area contributed by atoms with Gasteiger partial charge in [-0.1, -0.05) is 24.3 Å². The molecule has 19 heavy (non-hydrogen) atoms. The Morgan fingerprint density at radius 1 is 1.37 bits per heavy atom. The molecule has 0 saturated carbocycles. The zero-order chi connectivity index (χ0) is 13.5. The number of nitrogens with one attached hydrogen (secondary N) is 1. The molecule has 1 aromatic carbocycles. The molecule has 0 radical (unpaired) electrons. The molecule has 0 fully saturated rings. The predicted molar refractivity (Wildman–Crippen MR) is 74.8 cm³/mol. The van der Waals surface area contributed by atoms with E-state index in [1.807, 2.05) is 24.3 Å². The molecule has 0 spiro atoms. The molecule has 0 aliphatic carbocycles. The lowest BCUT2D eigenvalue weighted by Gasteiger charge is -2.08. The molecule has 1 atom stereocenters. The topological polar surface area (TPSA) is 59.3 Å². The summed E-state index contributed by atoms with van der Waals surface area (Å²) in [5.74, 6) is 0.0976. The summed E-state index contributed by atoms with van der Waals surface area (Å²) in [6.45, 7) is 0.473. The SMILES string of the molecule is O=S1(=O)C=CC(NCc2c(Cl)oc3ccccc23)C1. The van der Waals surface area contributed by atoms with Gasteiger partial charge in [0.05, 0.1) is 5.75 Å². The molecule has 1 N–H and O–H groups in total. The molecule has 1 unspecified atom stereocenters. The molecular weight excluding hydrogens is 286 g/mol. The smallest absolute Gasteiger partial charge is 0.199 e. The number of para-hydroxylation sites is 1. The number of hydrogen-bond acceptors (Lipinski definition) is 4. The summed E-state index contributed by atoms with van der Waals surface area (Å²) in [6, 6.07) is 7.41. The Hall–Kier alpha value is -1.30. The first kappa shape index (κ1) is 12.7. The first-order valence-corrected chi connectivity index (χ1v) is 7.95. The van der Waals surface area contributed by atoms with E-state index in [1.165, 1.54) is 5.41 Å². The number of rotatable bonds is 3. The van der Waals surface area contributed by atoms with Crippen molar-refractivity contribution in [2.45, 2.75) is 12.6 Å². The monoisotopic (exact) mass is 297 g/mol. The van der Waals surface area contributed by atoms with Crippen molar-refractivity contribution in [1.29, 1.82) is 0 Å². The highest BCUT2D eigenvalue weighted by Gasteiger charge is 2.22. The number of furan rings is 1. The van der Waals surface area contributed by atoms with Gasteiger partial charge in [0, 0.05) is 28.9 Å². The maximum Gasteiger partial charge on any atom is 0.199 e. The van der Waals surface area contributed by atoms with Crippen LogP contribution in [-0.2, 0) is 16.4 Å². The highest BCUT2D eigenvalue weighted by molar-refractivity contribution is 7.94. The highest BCUT2D eigenvalue weighted by Crippen LogP contribution is 2.29. The van der Waals surface area contributed by atoms with E-state index in [9.17, 15) is 8.42 Å². The average molecular weight is 298 g/mol. The molecule has 0 amide bonds. The van der Waals surface area contributed by atoms with E-state index in [1.54, 1.807) is 6.08 Å². The lowest BCUT2D eigenvalue weighted by atomic mass is 10.1.